The highest BCUT2D eigenvalue weighted by Crippen LogP contribution is 2.41. The molecule has 47 heavy (non-hydrogen) atoms. The molecule has 10 rings (SSSR count). The van der Waals surface area contributed by atoms with E-state index in [2.05, 4.69) is 189 Å². The maximum Gasteiger partial charge on any atom is 0.428 e. The monoisotopic (exact) mass is 617 g/mol. The molecular formula is C43H31N3Si. The third-order valence-corrected chi connectivity index (χ3v) is 14.5. The first-order valence-electron chi connectivity index (χ1n) is 16.3. The Morgan fingerprint density at radius 2 is 0.532 bits per heavy atom. The van der Waals surface area contributed by atoms with E-state index >= 15 is 0 Å². The largest absolute Gasteiger partial charge is 0.428 e. The molecule has 0 atom stereocenters. The number of aryl methyl sites for hydroxylation is 1. The molecule has 0 fully saturated rings. The molecule has 3 heterocycles. The lowest BCUT2D eigenvalue weighted by atomic mass is 10.2. The molecule has 222 valence electrons. The van der Waals surface area contributed by atoms with E-state index in [1.807, 2.05) is 0 Å². The Hall–Kier alpha value is -5.84. The van der Waals surface area contributed by atoms with Gasteiger partial charge in [-0.15, -0.1) is 0 Å². The number of rotatable bonds is 4. The number of nitrogens with zero attached hydrogens (tertiary/aromatic N) is 3. The summed E-state index contributed by atoms with van der Waals surface area (Å²) in [6, 6.07) is 63.4. The quantitative estimate of drug-likeness (QED) is 0.175. The van der Waals surface area contributed by atoms with E-state index in [0.29, 0.717) is 0 Å². The molecule has 0 spiro atoms. The molecule has 0 aliphatic carbocycles. The van der Waals surface area contributed by atoms with Crippen LogP contribution in [0, 0.1) is 6.92 Å². The van der Waals surface area contributed by atoms with Crippen LogP contribution in [0.5, 0.6) is 0 Å². The van der Waals surface area contributed by atoms with Crippen LogP contribution in [0.25, 0.3) is 65.4 Å². The smallest absolute Gasteiger partial charge is 0.328 e. The molecule has 0 unspecified atom stereocenters. The van der Waals surface area contributed by atoms with Crippen LogP contribution in [-0.4, -0.2) is 21.3 Å². The van der Waals surface area contributed by atoms with Crippen molar-refractivity contribution < 1.29 is 0 Å². The first-order valence-corrected chi connectivity index (χ1v) is 18.1. The standard InChI is InChI=1S/C43H31N3Si/c1-30-26-28-31(29-27-30)47(44-38-20-8-2-14-32(38)33-15-3-9-21-39(33)44,45-40-22-10-4-16-34(40)35-17-5-11-23-41(35)45)46-42-24-12-6-18-36(42)37-19-7-13-25-43(37)46/h2-29H,1H3. The summed E-state index contributed by atoms with van der Waals surface area (Å²) in [5.41, 5.74) is 8.70. The van der Waals surface area contributed by atoms with Gasteiger partial charge in [0, 0.05) is 70.6 Å². The van der Waals surface area contributed by atoms with E-state index in [0.717, 1.165) is 0 Å². The summed E-state index contributed by atoms with van der Waals surface area (Å²) in [6.07, 6.45) is 0. The van der Waals surface area contributed by atoms with Crippen LogP contribution in [-0.2, 0) is 0 Å². The SMILES string of the molecule is Cc1ccc([Si](n2c3ccccc3c3ccccc32)(n2c3ccccc3c3ccccc32)n2c3ccccc3c3ccccc32)cc1. The van der Waals surface area contributed by atoms with Crippen molar-refractivity contribution in [2.45, 2.75) is 6.92 Å². The van der Waals surface area contributed by atoms with Crippen LogP contribution in [0.1, 0.15) is 5.56 Å². The molecule has 7 aromatic carbocycles. The average molecular weight is 618 g/mol. The number of para-hydroxylation sites is 6. The maximum atomic E-state index is 2.75. The molecule has 0 amide bonds. The average Bonchev–Trinajstić information content (AvgIpc) is 3.77. The molecule has 0 saturated heterocycles. The predicted octanol–water partition coefficient (Wildman–Crippen LogP) is 10.1. The Kier molecular flexibility index (Phi) is 5.52. The van der Waals surface area contributed by atoms with Crippen LogP contribution in [0.3, 0.4) is 0 Å². The number of aromatic nitrogens is 3. The fourth-order valence-corrected chi connectivity index (χ4v) is 13.4. The summed E-state index contributed by atoms with van der Waals surface area (Å²) >= 11 is 0. The van der Waals surface area contributed by atoms with Crippen LogP contribution in [0.4, 0.5) is 0 Å². The fraction of sp³-hybridized carbons (Fsp3) is 0.0233. The van der Waals surface area contributed by atoms with Gasteiger partial charge in [0.25, 0.3) is 0 Å². The molecule has 3 aromatic heterocycles. The van der Waals surface area contributed by atoms with Gasteiger partial charge in [-0.2, -0.15) is 0 Å². The second-order valence-electron chi connectivity index (χ2n) is 12.6. The number of hydrogen-bond donors (Lipinski definition) is 0. The van der Waals surface area contributed by atoms with Crippen molar-refractivity contribution in [3.05, 3.63) is 175 Å². The van der Waals surface area contributed by atoms with Gasteiger partial charge < -0.3 is 12.7 Å². The molecule has 0 N–H and O–H groups in total. The normalized spacial score (nSPS) is 12.4. The zero-order valence-electron chi connectivity index (χ0n) is 26.0. The third kappa shape index (κ3) is 3.45. The number of hydrogen-bond acceptors (Lipinski definition) is 0. The van der Waals surface area contributed by atoms with Crippen LogP contribution in [0.15, 0.2) is 170 Å². The maximum absolute atomic E-state index is 3.40. The summed E-state index contributed by atoms with van der Waals surface area (Å²) in [4.78, 5) is 0. The lowest BCUT2D eigenvalue weighted by molar-refractivity contribution is 1.03. The van der Waals surface area contributed by atoms with Gasteiger partial charge >= 0.3 is 8.56 Å². The summed E-state index contributed by atoms with van der Waals surface area (Å²) in [5.74, 6) is 0. The van der Waals surface area contributed by atoms with Gasteiger partial charge in [-0.05, 0) is 43.3 Å². The van der Waals surface area contributed by atoms with E-state index in [4.69, 9.17) is 0 Å². The van der Waals surface area contributed by atoms with E-state index in [1.54, 1.807) is 0 Å². The van der Waals surface area contributed by atoms with Gasteiger partial charge in [0.15, 0.2) is 0 Å². The van der Waals surface area contributed by atoms with E-state index in [1.165, 1.54) is 76.2 Å². The lowest BCUT2D eigenvalue weighted by Crippen LogP contribution is -2.66. The Morgan fingerprint density at radius 1 is 0.298 bits per heavy atom. The molecule has 0 saturated carbocycles. The molecule has 10 aromatic rings. The zero-order chi connectivity index (χ0) is 31.1. The highest BCUT2D eigenvalue weighted by molar-refractivity contribution is 6.91. The van der Waals surface area contributed by atoms with Crippen molar-refractivity contribution in [3.8, 4) is 0 Å². The summed E-state index contributed by atoms with van der Waals surface area (Å²) < 4.78 is 8.25. The third-order valence-electron chi connectivity index (χ3n) is 10.1. The minimum Gasteiger partial charge on any atom is -0.328 e. The molecule has 0 bridgehead atoms. The van der Waals surface area contributed by atoms with E-state index in [-0.39, 0.29) is 0 Å². The Balaban J connectivity index is 1.59. The van der Waals surface area contributed by atoms with Crippen molar-refractivity contribution in [1.82, 2.24) is 12.7 Å². The van der Waals surface area contributed by atoms with E-state index in [9.17, 15) is 0 Å². The topological polar surface area (TPSA) is 14.8 Å². The van der Waals surface area contributed by atoms with Crippen molar-refractivity contribution in [2.75, 3.05) is 0 Å². The second-order valence-corrected chi connectivity index (χ2v) is 15.8. The van der Waals surface area contributed by atoms with Gasteiger partial charge in [-0.1, -0.05) is 139 Å². The van der Waals surface area contributed by atoms with Crippen LogP contribution >= 0.6 is 0 Å². The van der Waals surface area contributed by atoms with Crippen LogP contribution < -0.4 is 5.19 Å². The van der Waals surface area contributed by atoms with Crippen LogP contribution in [0.2, 0.25) is 0 Å². The molecule has 0 aliphatic heterocycles. The zero-order valence-corrected chi connectivity index (χ0v) is 27.0. The molecule has 3 nitrogen and oxygen atoms in total. The van der Waals surface area contributed by atoms with Crippen molar-refractivity contribution >= 4 is 79.2 Å². The van der Waals surface area contributed by atoms with Crippen molar-refractivity contribution in [3.63, 3.8) is 0 Å². The van der Waals surface area contributed by atoms with Gasteiger partial charge in [0.05, 0.1) is 0 Å². The van der Waals surface area contributed by atoms with Crippen molar-refractivity contribution in [2.24, 2.45) is 0 Å². The highest BCUT2D eigenvalue weighted by atomic mass is 28.4. The van der Waals surface area contributed by atoms with Gasteiger partial charge in [0.2, 0.25) is 0 Å². The summed E-state index contributed by atoms with van der Waals surface area (Å²) in [7, 11) is -3.40. The first-order chi connectivity index (χ1) is 23.3. The first kappa shape index (κ1) is 26.4. The van der Waals surface area contributed by atoms with Crippen molar-refractivity contribution in [1.29, 1.82) is 0 Å². The Labute approximate surface area is 273 Å². The number of fused-ring (bicyclic) bond motifs is 9. The lowest BCUT2D eigenvalue weighted by Gasteiger charge is -2.39. The van der Waals surface area contributed by atoms with Gasteiger partial charge in [-0.25, -0.2) is 0 Å². The second kappa shape index (κ2) is 9.83. The van der Waals surface area contributed by atoms with E-state index < -0.39 is 8.56 Å². The minimum atomic E-state index is -3.40. The molecular weight excluding hydrogens is 587 g/mol. The Bertz CT molecular complexity index is 2380. The molecule has 0 radical (unpaired) electrons. The number of benzene rings is 7. The summed E-state index contributed by atoms with van der Waals surface area (Å²) in [5, 5.41) is 8.94. The summed E-state index contributed by atoms with van der Waals surface area (Å²) in [6.45, 7) is 2.19. The minimum absolute atomic E-state index is 1.24. The molecule has 0 aliphatic rings. The molecule has 4 heteroatoms. The fourth-order valence-electron chi connectivity index (χ4n) is 8.24. The van der Waals surface area contributed by atoms with Gasteiger partial charge in [-0.3, -0.25) is 0 Å². The predicted molar refractivity (Wildman–Crippen MR) is 201 cm³/mol. The Morgan fingerprint density at radius 3 is 0.787 bits per heavy atom. The van der Waals surface area contributed by atoms with Gasteiger partial charge in [0.1, 0.15) is 0 Å². The highest BCUT2D eigenvalue weighted by Gasteiger charge is 2.49.